The summed E-state index contributed by atoms with van der Waals surface area (Å²) in [7, 11) is 3.98. The summed E-state index contributed by atoms with van der Waals surface area (Å²) < 4.78 is 26.3. The van der Waals surface area contributed by atoms with Gasteiger partial charge in [0.05, 0.1) is 21.3 Å². The number of methoxy groups -OCH3 is 3. The lowest BCUT2D eigenvalue weighted by atomic mass is 9.95. The Morgan fingerprint density at radius 2 is 1.57 bits per heavy atom. The maximum absolute atomic E-state index is 13.3. The van der Waals surface area contributed by atoms with Crippen LogP contribution >= 0.6 is 0 Å². The Balaban J connectivity index is 2.03. The summed E-state index contributed by atoms with van der Waals surface area (Å²) in [5.74, 6) is -0.812. The zero-order valence-electron chi connectivity index (χ0n) is 24.8. The van der Waals surface area contributed by atoms with Gasteiger partial charge in [0.2, 0.25) is 0 Å². The molecule has 0 unspecified atom stereocenters. The average Bonchev–Trinajstić information content (AvgIpc) is 3.40. The minimum atomic E-state index is -0.877. The topological polar surface area (TPSA) is 130 Å². The van der Waals surface area contributed by atoms with Gasteiger partial charge in [0.15, 0.2) is 0 Å². The highest BCUT2D eigenvalue weighted by Crippen LogP contribution is 2.35. The van der Waals surface area contributed by atoms with E-state index in [1.54, 1.807) is 57.2 Å². The summed E-state index contributed by atoms with van der Waals surface area (Å²) in [6.07, 6.45) is -0.752. The fourth-order valence-corrected chi connectivity index (χ4v) is 4.65. The van der Waals surface area contributed by atoms with E-state index in [-0.39, 0.29) is 18.7 Å². The van der Waals surface area contributed by atoms with Crippen LogP contribution in [0.15, 0.2) is 60.3 Å². The molecule has 11 heteroatoms. The molecule has 1 N–H and O–H groups in total. The first kappa shape index (κ1) is 32.0. The molecule has 0 aromatic heterocycles. The number of carbonyl (C=O) groups excluding carboxylic acids is 4. The second-order valence-electron chi connectivity index (χ2n) is 10.6. The van der Waals surface area contributed by atoms with E-state index >= 15 is 0 Å². The van der Waals surface area contributed by atoms with Crippen molar-refractivity contribution in [3.8, 4) is 5.75 Å². The molecule has 0 saturated carbocycles. The van der Waals surface area contributed by atoms with Gasteiger partial charge in [0.1, 0.15) is 29.7 Å². The van der Waals surface area contributed by atoms with E-state index in [0.29, 0.717) is 29.7 Å². The number of carbonyl (C=O) groups is 4. The number of ether oxygens (including phenoxy) is 5. The van der Waals surface area contributed by atoms with Crippen molar-refractivity contribution in [2.24, 2.45) is 0 Å². The maximum atomic E-state index is 13.3. The predicted molar refractivity (Wildman–Crippen MR) is 153 cm³/mol. The van der Waals surface area contributed by atoms with E-state index in [2.05, 4.69) is 5.32 Å². The zero-order chi connectivity index (χ0) is 30.9. The molecule has 1 heterocycles. The molecule has 1 fully saturated rings. The van der Waals surface area contributed by atoms with Crippen LogP contribution in [0.4, 0.5) is 9.59 Å². The van der Waals surface area contributed by atoms with Crippen LogP contribution in [-0.2, 0) is 35.1 Å². The van der Waals surface area contributed by atoms with Gasteiger partial charge in [-0.05, 0) is 68.9 Å². The van der Waals surface area contributed by atoms with Crippen molar-refractivity contribution in [2.45, 2.75) is 64.3 Å². The van der Waals surface area contributed by atoms with Gasteiger partial charge in [0.25, 0.3) is 0 Å². The number of esters is 2. The third-order valence-corrected chi connectivity index (χ3v) is 6.59. The Hall–Kier alpha value is -4.54. The van der Waals surface area contributed by atoms with E-state index in [4.69, 9.17) is 23.7 Å². The number of nitrogens with zero attached hydrogens (tertiary/aromatic N) is 1. The van der Waals surface area contributed by atoms with Gasteiger partial charge < -0.3 is 23.7 Å². The van der Waals surface area contributed by atoms with Crippen molar-refractivity contribution in [1.29, 1.82) is 0 Å². The highest BCUT2D eigenvalue weighted by molar-refractivity contribution is 6.00. The minimum absolute atomic E-state index is 0.0190. The van der Waals surface area contributed by atoms with Gasteiger partial charge >= 0.3 is 24.1 Å². The van der Waals surface area contributed by atoms with Gasteiger partial charge in [-0.25, -0.2) is 19.2 Å². The lowest BCUT2D eigenvalue weighted by molar-refractivity contribution is -0.146. The van der Waals surface area contributed by atoms with Crippen LogP contribution < -0.4 is 10.1 Å². The Labute approximate surface area is 245 Å². The molecule has 2 amide bonds. The third-order valence-electron chi connectivity index (χ3n) is 6.59. The van der Waals surface area contributed by atoms with Crippen LogP contribution in [0.1, 0.15) is 51.2 Å². The number of hydrogen-bond donors (Lipinski definition) is 1. The first-order valence-corrected chi connectivity index (χ1v) is 13.5. The van der Waals surface area contributed by atoms with Crippen molar-refractivity contribution in [3.05, 3.63) is 71.4 Å². The molecule has 1 aliphatic rings. The van der Waals surface area contributed by atoms with Crippen LogP contribution in [0.5, 0.6) is 5.75 Å². The molecular weight excluding hydrogens is 544 g/mol. The number of nitrogens with one attached hydrogen (secondary N) is 1. The van der Waals surface area contributed by atoms with E-state index in [1.165, 1.54) is 26.2 Å². The van der Waals surface area contributed by atoms with Crippen molar-refractivity contribution in [2.75, 3.05) is 21.3 Å². The largest absolute Gasteiger partial charge is 0.497 e. The van der Waals surface area contributed by atoms with Crippen molar-refractivity contribution in [3.63, 3.8) is 0 Å². The van der Waals surface area contributed by atoms with Crippen molar-refractivity contribution < 1.29 is 42.9 Å². The van der Waals surface area contributed by atoms with Crippen LogP contribution in [0.2, 0.25) is 0 Å². The lowest BCUT2D eigenvalue weighted by Gasteiger charge is -2.32. The second-order valence-corrected chi connectivity index (χ2v) is 10.6. The highest BCUT2D eigenvalue weighted by Gasteiger charge is 2.44. The summed E-state index contributed by atoms with van der Waals surface area (Å²) in [5.41, 5.74) is 0.710. The fourth-order valence-electron chi connectivity index (χ4n) is 4.65. The van der Waals surface area contributed by atoms with E-state index in [0.717, 1.165) is 5.56 Å². The minimum Gasteiger partial charge on any atom is -0.497 e. The molecule has 0 aliphatic carbocycles. The monoisotopic (exact) mass is 582 g/mol. The van der Waals surface area contributed by atoms with Crippen LogP contribution in [-0.4, -0.2) is 68.0 Å². The fraction of sp³-hybridized carbons (Fsp3) is 0.419. The van der Waals surface area contributed by atoms with Gasteiger partial charge in [-0.2, -0.15) is 0 Å². The molecule has 1 aliphatic heterocycles. The molecule has 2 atom stereocenters. The number of likely N-dealkylation sites (tertiary alicyclic amines) is 1. The van der Waals surface area contributed by atoms with E-state index in [9.17, 15) is 19.2 Å². The molecule has 226 valence electrons. The SMILES string of the molecule is COC(=O)/C(NC(=O)OCc1ccccc1)=C(\C[C@H]1CC[C@@H](C(=O)OC)N1C(=O)OC(C)(C)C)c1ccc(OC)cc1. The predicted octanol–water partition coefficient (Wildman–Crippen LogP) is 4.84. The second kappa shape index (κ2) is 14.4. The Morgan fingerprint density at radius 3 is 2.14 bits per heavy atom. The number of hydrogen-bond acceptors (Lipinski definition) is 9. The maximum Gasteiger partial charge on any atom is 0.412 e. The molecule has 2 aromatic rings. The van der Waals surface area contributed by atoms with Crippen LogP contribution in [0.25, 0.3) is 5.57 Å². The first-order chi connectivity index (χ1) is 20.0. The number of alkyl carbamates (subject to hydrolysis) is 1. The van der Waals surface area contributed by atoms with Gasteiger partial charge in [0, 0.05) is 6.04 Å². The number of amides is 2. The molecule has 11 nitrogen and oxygen atoms in total. The van der Waals surface area contributed by atoms with Gasteiger partial charge in [-0.15, -0.1) is 0 Å². The molecule has 3 rings (SSSR count). The average molecular weight is 583 g/mol. The van der Waals surface area contributed by atoms with Crippen LogP contribution in [0.3, 0.4) is 0 Å². The lowest BCUT2D eigenvalue weighted by Crippen LogP contribution is -2.47. The zero-order valence-corrected chi connectivity index (χ0v) is 24.8. The van der Waals surface area contributed by atoms with E-state index in [1.807, 2.05) is 18.2 Å². The Morgan fingerprint density at radius 1 is 0.905 bits per heavy atom. The van der Waals surface area contributed by atoms with E-state index < -0.39 is 41.8 Å². The van der Waals surface area contributed by atoms with Gasteiger partial charge in [-0.1, -0.05) is 42.5 Å². The normalized spacial score (nSPS) is 17.0. The molecular formula is C31H38N2O9. The summed E-state index contributed by atoms with van der Waals surface area (Å²) in [6.45, 7) is 5.17. The Bertz CT molecular complexity index is 1280. The molecule has 42 heavy (non-hydrogen) atoms. The smallest absolute Gasteiger partial charge is 0.412 e. The molecule has 0 radical (unpaired) electrons. The third kappa shape index (κ3) is 8.48. The summed E-state index contributed by atoms with van der Waals surface area (Å²) in [4.78, 5) is 53.3. The van der Waals surface area contributed by atoms with Crippen molar-refractivity contribution >= 4 is 29.7 Å². The summed E-state index contributed by atoms with van der Waals surface area (Å²) >= 11 is 0. The molecule has 0 bridgehead atoms. The number of benzene rings is 2. The summed E-state index contributed by atoms with van der Waals surface area (Å²) in [5, 5.41) is 2.55. The molecule has 1 saturated heterocycles. The summed E-state index contributed by atoms with van der Waals surface area (Å²) in [6, 6.07) is 14.5. The standard InChI is InChI=1S/C31H38N2O9/c1-31(2,3)42-30(37)33-22(14-17-25(33)27(34)39-5)18-24(21-12-15-23(38-4)16-13-21)26(28(35)40-6)32-29(36)41-19-20-10-8-7-9-11-20/h7-13,15-16,22,25H,14,17-19H2,1-6H3,(H,32,36)/b26-24-/t22-,25+/m1/s1. The van der Waals surface area contributed by atoms with Crippen molar-refractivity contribution in [1.82, 2.24) is 10.2 Å². The number of rotatable bonds is 9. The molecule has 2 aromatic carbocycles. The van der Waals surface area contributed by atoms with Gasteiger partial charge in [-0.3, -0.25) is 10.2 Å². The quantitative estimate of drug-likeness (QED) is 0.251. The molecule has 0 spiro atoms. The first-order valence-electron chi connectivity index (χ1n) is 13.5. The van der Waals surface area contributed by atoms with Crippen LogP contribution in [0, 0.1) is 0 Å². The highest BCUT2D eigenvalue weighted by atomic mass is 16.6. The Kier molecular flexibility index (Phi) is 11.0.